The summed E-state index contributed by atoms with van der Waals surface area (Å²) >= 11 is 0. The molecule has 0 saturated carbocycles. The lowest BCUT2D eigenvalue weighted by atomic mass is 10.0. The Morgan fingerprint density at radius 2 is 2.00 bits per heavy atom. The molecule has 21 heavy (non-hydrogen) atoms. The van der Waals surface area contributed by atoms with Crippen molar-refractivity contribution in [2.24, 2.45) is 0 Å². The zero-order chi connectivity index (χ0) is 15.2. The first kappa shape index (κ1) is 16.5. The largest absolute Gasteiger partial charge is 0.313 e. The first-order valence-corrected chi connectivity index (χ1v) is 8.22. The molecule has 0 spiro atoms. The Labute approximate surface area is 130 Å². The third-order valence-corrected chi connectivity index (χ3v) is 4.77. The smallest absolute Gasteiger partial charge is 0.0329 e. The van der Waals surface area contributed by atoms with Crippen LogP contribution in [0.15, 0.2) is 24.3 Å². The number of likely N-dealkylation sites (tertiary alicyclic amines) is 1. The van der Waals surface area contributed by atoms with Gasteiger partial charge in [-0.1, -0.05) is 29.8 Å². The Balaban J connectivity index is 1.86. The van der Waals surface area contributed by atoms with Gasteiger partial charge in [0.15, 0.2) is 0 Å². The SMILES string of the molecule is CNC(CCN1CCCC(N(C)C)C1)c1ccc(C)cc1. The van der Waals surface area contributed by atoms with Crippen LogP contribution in [0.25, 0.3) is 0 Å². The summed E-state index contributed by atoms with van der Waals surface area (Å²) in [4.78, 5) is 5.01. The fourth-order valence-corrected chi connectivity index (χ4v) is 3.24. The quantitative estimate of drug-likeness (QED) is 0.868. The Morgan fingerprint density at radius 1 is 1.29 bits per heavy atom. The van der Waals surface area contributed by atoms with Crippen LogP contribution in [-0.4, -0.2) is 56.6 Å². The summed E-state index contributed by atoms with van der Waals surface area (Å²) in [5.41, 5.74) is 2.74. The normalized spacial score (nSPS) is 21.7. The molecule has 3 nitrogen and oxygen atoms in total. The van der Waals surface area contributed by atoms with Gasteiger partial charge in [-0.05, 0) is 59.4 Å². The molecule has 1 aromatic carbocycles. The zero-order valence-electron chi connectivity index (χ0n) is 14.1. The Kier molecular flexibility index (Phi) is 6.22. The van der Waals surface area contributed by atoms with Crippen LogP contribution < -0.4 is 5.32 Å². The molecule has 2 unspecified atom stereocenters. The number of hydrogen-bond acceptors (Lipinski definition) is 3. The van der Waals surface area contributed by atoms with E-state index in [1.165, 1.54) is 50.0 Å². The van der Waals surface area contributed by atoms with Gasteiger partial charge < -0.3 is 15.1 Å². The van der Waals surface area contributed by atoms with Crippen molar-refractivity contribution in [2.75, 3.05) is 40.8 Å². The fourth-order valence-electron chi connectivity index (χ4n) is 3.24. The highest BCUT2D eigenvalue weighted by Crippen LogP contribution is 2.20. The molecule has 1 aliphatic heterocycles. The van der Waals surface area contributed by atoms with Gasteiger partial charge in [0.05, 0.1) is 0 Å². The molecule has 1 aliphatic rings. The van der Waals surface area contributed by atoms with Crippen LogP contribution >= 0.6 is 0 Å². The standard InChI is InChI=1S/C18H31N3/c1-15-7-9-16(10-8-15)18(19-2)11-13-21-12-5-6-17(14-21)20(3)4/h7-10,17-19H,5-6,11-14H2,1-4H3. The van der Waals surface area contributed by atoms with Gasteiger partial charge in [-0.25, -0.2) is 0 Å². The van der Waals surface area contributed by atoms with E-state index < -0.39 is 0 Å². The lowest BCUT2D eigenvalue weighted by molar-refractivity contribution is 0.129. The van der Waals surface area contributed by atoms with Gasteiger partial charge >= 0.3 is 0 Å². The average Bonchev–Trinajstić information content (AvgIpc) is 2.50. The van der Waals surface area contributed by atoms with Crippen molar-refractivity contribution >= 4 is 0 Å². The highest BCUT2D eigenvalue weighted by molar-refractivity contribution is 5.24. The maximum absolute atomic E-state index is 3.47. The molecular weight excluding hydrogens is 258 g/mol. The van der Waals surface area contributed by atoms with E-state index in [-0.39, 0.29) is 0 Å². The van der Waals surface area contributed by atoms with Gasteiger partial charge in [0, 0.05) is 25.2 Å². The lowest BCUT2D eigenvalue weighted by Crippen LogP contribution is -2.45. The molecule has 1 fully saturated rings. The van der Waals surface area contributed by atoms with Crippen molar-refractivity contribution in [3.63, 3.8) is 0 Å². The van der Waals surface area contributed by atoms with Crippen molar-refractivity contribution in [1.82, 2.24) is 15.1 Å². The summed E-state index contributed by atoms with van der Waals surface area (Å²) in [6, 6.07) is 10.1. The summed E-state index contributed by atoms with van der Waals surface area (Å²) in [7, 11) is 6.48. The van der Waals surface area contributed by atoms with Crippen LogP contribution in [-0.2, 0) is 0 Å². The summed E-state index contributed by atoms with van der Waals surface area (Å²) in [6.07, 6.45) is 3.86. The summed E-state index contributed by atoms with van der Waals surface area (Å²) in [5.74, 6) is 0. The van der Waals surface area contributed by atoms with Crippen LogP contribution in [0.3, 0.4) is 0 Å². The van der Waals surface area contributed by atoms with Crippen molar-refractivity contribution < 1.29 is 0 Å². The molecule has 2 atom stereocenters. The molecule has 1 heterocycles. The van der Waals surface area contributed by atoms with E-state index in [9.17, 15) is 0 Å². The van der Waals surface area contributed by atoms with Gasteiger partial charge in [-0.2, -0.15) is 0 Å². The Bertz CT molecular complexity index is 413. The minimum atomic E-state index is 0.463. The van der Waals surface area contributed by atoms with Crippen molar-refractivity contribution in [3.05, 3.63) is 35.4 Å². The molecule has 1 N–H and O–H groups in total. The first-order valence-electron chi connectivity index (χ1n) is 8.22. The van der Waals surface area contributed by atoms with Gasteiger partial charge in [0.2, 0.25) is 0 Å². The first-order chi connectivity index (χ1) is 10.1. The molecule has 118 valence electrons. The second-order valence-electron chi connectivity index (χ2n) is 6.60. The van der Waals surface area contributed by atoms with E-state index in [1.807, 2.05) is 0 Å². The minimum absolute atomic E-state index is 0.463. The number of rotatable bonds is 6. The zero-order valence-corrected chi connectivity index (χ0v) is 14.1. The van der Waals surface area contributed by atoms with Gasteiger partial charge in [0.25, 0.3) is 0 Å². The van der Waals surface area contributed by atoms with Crippen molar-refractivity contribution in [3.8, 4) is 0 Å². The lowest BCUT2D eigenvalue weighted by Gasteiger charge is -2.36. The number of nitrogens with zero attached hydrogens (tertiary/aromatic N) is 2. The number of benzene rings is 1. The van der Waals surface area contributed by atoms with E-state index in [1.54, 1.807) is 0 Å². The average molecular weight is 289 g/mol. The fraction of sp³-hybridized carbons (Fsp3) is 0.667. The molecule has 0 aliphatic carbocycles. The van der Waals surface area contributed by atoms with E-state index >= 15 is 0 Å². The second kappa shape index (κ2) is 7.92. The highest BCUT2D eigenvalue weighted by Gasteiger charge is 2.21. The van der Waals surface area contributed by atoms with E-state index in [2.05, 4.69) is 67.4 Å². The molecule has 0 aromatic heterocycles. The summed E-state index contributed by atoms with van der Waals surface area (Å²) in [5, 5.41) is 3.47. The van der Waals surface area contributed by atoms with E-state index in [0.29, 0.717) is 6.04 Å². The van der Waals surface area contributed by atoms with Crippen LogP contribution in [0.2, 0.25) is 0 Å². The number of nitrogens with one attached hydrogen (secondary N) is 1. The van der Waals surface area contributed by atoms with E-state index in [0.717, 1.165) is 6.04 Å². The van der Waals surface area contributed by atoms with Gasteiger partial charge in [-0.15, -0.1) is 0 Å². The third-order valence-electron chi connectivity index (χ3n) is 4.77. The molecule has 3 heteroatoms. The Morgan fingerprint density at radius 3 is 2.62 bits per heavy atom. The molecule has 1 aromatic rings. The molecular formula is C18H31N3. The molecule has 2 rings (SSSR count). The monoisotopic (exact) mass is 289 g/mol. The second-order valence-corrected chi connectivity index (χ2v) is 6.60. The van der Waals surface area contributed by atoms with Crippen molar-refractivity contribution in [1.29, 1.82) is 0 Å². The van der Waals surface area contributed by atoms with E-state index in [4.69, 9.17) is 0 Å². The highest BCUT2D eigenvalue weighted by atomic mass is 15.2. The predicted molar refractivity (Wildman–Crippen MR) is 90.7 cm³/mol. The summed E-state index contributed by atoms with van der Waals surface area (Å²) < 4.78 is 0. The number of hydrogen-bond donors (Lipinski definition) is 1. The topological polar surface area (TPSA) is 18.5 Å². The molecule has 0 amide bonds. The number of likely N-dealkylation sites (N-methyl/N-ethyl adjacent to an activating group) is 1. The number of piperidine rings is 1. The maximum Gasteiger partial charge on any atom is 0.0329 e. The third kappa shape index (κ3) is 4.80. The summed E-state index contributed by atoms with van der Waals surface area (Å²) in [6.45, 7) is 5.81. The molecule has 0 radical (unpaired) electrons. The Hall–Kier alpha value is -0.900. The molecule has 1 saturated heterocycles. The predicted octanol–water partition coefficient (Wildman–Crippen LogP) is 2.67. The van der Waals surface area contributed by atoms with Gasteiger partial charge in [-0.3, -0.25) is 0 Å². The van der Waals surface area contributed by atoms with Crippen LogP contribution in [0, 0.1) is 6.92 Å². The van der Waals surface area contributed by atoms with Crippen molar-refractivity contribution in [2.45, 2.75) is 38.3 Å². The molecule has 0 bridgehead atoms. The number of aryl methyl sites for hydroxylation is 1. The minimum Gasteiger partial charge on any atom is -0.313 e. The maximum atomic E-state index is 3.47. The van der Waals surface area contributed by atoms with Crippen LogP contribution in [0.5, 0.6) is 0 Å². The van der Waals surface area contributed by atoms with Crippen LogP contribution in [0.4, 0.5) is 0 Å². The van der Waals surface area contributed by atoms with Gasteiger partial charge in [0.1, 0.15) is 0 Å². The van der Waals surface area contributed by atoms with Crippen LogP contribution in [0.1, 0.15) is 36.4 Å².